The number of aryl methyl sites for hydroxylation is 1. The molecule has 3 aliphatic heterocycles. The normalized spacial score (nSPS) is 17.7. The van der Waals surface area contributed by atoms with Crippen molar-refractivity contribution >= 4 is 17.4 Å². The number of carboxylic acids is 1. The molecule has 1 N–H and O–H groups in total. The van der Waals surface area contributed by atoms with Crippen LogP contribution in [0.4, 0.5) is 10.2 Å². The number of halogens is 1. The number of anilines is 1. The van der Waals surface area contributed by atoms with Gasteiger partial charge >= 0.3 is 5.97 Å². The van der Waals surface area contributed by atoms with Crippen LogP contribution in [0.2, 0.25) is 0 Å². The second kappa shape index (κ2) is 12.1. The summed E-state index contributed by atoms with van der Waals surface area (Å²) in [6.07, 6.45) is 1.86. The van der Waals surface area contributed by atoms with Gasteiger partial charge in [0.25, 0.3) is 0 Å². The van der Waals surface area contributed by atoms with E-state index in [0.717, 1.165) is 42.4 Å². The maximum atomic E-state index is 14.3. The number of benzene rings is 2. The third-order valence-electron chi connectivity index (χ3n) is 8.54. The lowest BCUT2D eigenvalue weighted by Gasteiger charge is -2.41. The van der Waals surface area contributed by atoms with E-state index in [-0.39, 0.29) is 11.4 Å². The van der Waals surface area contributed by atoms with Crippen LogP contribution in [0.15, 0.2) is 48.5 Å². The topological polar surface area (TPSA) is 98.4 Å². The fourth-order valence-electron chi connectivity index (χ4n) is 6.19. The minimum absolute atomic E-state index is 0.320. The zero-order valence-corrected chi connectivity index (χ0v) is 26.6. The minimum atomic E-state index is -1.24. The predicted molar refractivity (Wildman–Crippen MR) is 170 cm³/mol. The molecule has 45 heavy (non-hydrogen) atoms. The minimum Gasteiger partial charge on any atom is -0.493 e. The number of hydrogen-bond donors (Lipinski definition) is 1. The van der Waals surface area contributed by atoms with Gasteiger partial charge in [-0.25, -0.2) is 14.2 Å². The summed E-state index contributed by atoms with van der Waals surface area (Å²) in [5.41, 5.74) is 3.83. The fourth-order valence-corrected chi connectivity index (χ4v) is 6.19. The summed E-state index contributed by atoms with van der Waals surface area (Å²) in [4.78, 5) is 19.8. The highest BCUT2D eigenvalue weighted by Crippen LogP contribution is 2.39. The predicted octanol–water partition coefficient (Wildman–Crippen LogP) is 7.00. The average Bonchev–Trinajstić information content (AvgIpc) is 3.40. The van der Waals surface area contributed by atoms with E-state index in [1.165, 1.54) is 12.1 Å². The molecule has 5 heterocycles. The second-order valence-corrected chi connectivity index (χ2v) is 13.2. The van der Waals surface area contributed by atoms with Crippen molar-refractivity contribution in [2.24, 2.45) is 0 Å². The second-order valence-electron chi connectivity index (χ2n) is 13.2. The molecule has 3 aliphatic rings. The summed E-state index contributed by atoms with van der Waals surface area (Å²) in [5, 5.41) is 15.5. The quantitative estimate of drug-likeness (QED) is 0.263. The fraction of sp³-hybridized carbons (Fsp3) is 0.457. The van der Waals surface area contributed by atoms with Crippen LogP contribution >= 0.6 is 0 Å². The van der Waals surface area contributed by atoms with Gasteiger partial charge in [-0.2, -0.15) is 9.61 Å². The lowest BCUT2D eigenvalue weighted by atomic mass is 9.92. The number of fused-ring (bicyclic) bond motifs is 7. The zero-order valence-electron chi connectivity index (χ0n) is 26.6. The molecular formula is C35H41FN4O5. The van der Waals surface area contributed by atoms with Crippen molar-refractivity contribution < 1.29 is 28.5 Å². The molecule has 0 saturated carbocycles. The van der Waals surface area contributed by atoms with Crippen molar-refractivity contribution in [2.45, 2.75) is 77.6 Å². The Labute approximate surface area is 262 Å². The van der Waals surface area contributed by atoms with Crippen LogP contribution in [0, 0.1) is 12.7 Å². The van der Waals surface area contributed by atoms with Gasteiger partial charge in [-0.1, -0.05) is 18.2 Å². The maximum Gasteiger partial charge on any atom is 0.337 e. The van der Waals surface area contributed by atoms with Gasteiger partial charge in [-0.3, -0.25) is 0 Å². The summed E-state index contributed by atoms with van der Waals surface area (Å²) in [6.45, 7) is 11.9. The van der Waals surface area contributed by atoms with Crippen LogP contribution in [-0.2, 0) is 14.3 Å². The molecular weight excluding hydrogens is 575 g/mol. The highest BCUT2D eigenvalue weighted by atomic mass is 19.1. The summed E-state index contributed by atoms with van der Waals surface area (Å²) in [7, 11) is 0. The number of rotatable bonds is 3. The molecule has 4 aromatic rings. The Morgan fingerprint density at radius 1 is 1.07 bits per heavy atom. The monoisotopic (exact) mass is 616 g/mol. The highest BCUT2D eigenvalue weighted by Gasteiger charge is 2.37. The third-order valence-corrected chi connectivity index (χ3v) is 8.54. The van der Waals surface area contributed by atoms with Gasteiger partial charge in [0.1, 0.15) is 17.4 Å². The van der Waals surface area contributed by atoms with E-state index in [0.29, 0.717) is 60.5 Å². The molecule has 9 nitrogen and oxygen atoms in total. The molecule has 1 saturated heterocycles. The lowest BCUT2D eigenvalue weighted by molar-refractivity contribution is -0.160. The Hall–Kier alpha value is -4.02. The Bertz CT molecular complexity index is 1720. The number of piperidine rings is 1. The molecule has 0 aliphatic carbocycles. The first kappa shape index (κ1) is 31.0. The summed E-state index contributed by atoms with van der Waals surface area (Å²) >= 11 is 0. The number of nitrogens with zero attached hydrogens (tertiary/aromatic N) is 4. The Balaban J connectivity index is 1.54. The van der Waals surface area contributed by atoms with Crippen molar-refractivity contribution in [1.82, 2.24) is 14.6 Å². The van der Waals surface area contributed by atoms with Crippen molar-refractivity contribution in [3.05, 3.63) is 65.6 Å². The van der Waals surface area contributed by atoms with E-state index < -0.39 is 17.7 Å². The van der Waals surface area contributed by atoms with Gasteiger partial charge in [0.05, 0.1) is 29.1 Å². The van der Waals surface area contributed by atoms with Crippen LogP contribution < -0.4 is 9.64 Å². The van der Waals surface area contributed by atoms with Crippen molar-refractivity contribution in [2.75, 3.05) is 31.2 Å². The Morgan fingerprint density at radius 3 is 2.53 bits per heavy atom. The van der Waals surface area contributed by atoms with E-state index in [1.54, 1.807) is 10.6 Å². The molecule has 0 amide bonds. The van der Waals surface area contributed by atoms with Crippen molar-refractivity contribution in [3.63, 3.8) is 0 Å². The average molecular weight is 617 g/mol. The van der Waals surface area contributed by atoms with Crippen molar-refractivity contribution in [1.29, 1.82) is 0 Å². The Kier molecular flexibility index (Phi) is 8.30. The number of aliphatic carboxylic acids is 1. The summed E-state index contributed by atoms with van der Waals surface area (Å²) in [5.74, 6) is -0.276. The first-order chi connectivity index (χ1) is 21.4. The van der Waals surface area contributed by atoms with E-state index in [1.807, 2.05) is 58.0 Å². The van der Waals surface area contributed by atoms with Crippen LogP contribution in [0.3, 0.4) is 0 Å². The summed E-state index contributed by atoms with van der Waals surface area (Å²) < 4.78 is 34.7. The molecule has 0 spiro atoms. The molecule has 2 aromatic carbocycles. The van der Waals surface area contributed by atoms with Crippen molar-refractivity contribution in [3.8, 4) is 28.1 Å². The van der Waals surface area contributed by atoms with Gasteiger partial charge in [-0.05, 0) is 84.1 Å². The molecule has 7 rings (SSSR count). The molecule has 10 heteroatoms. The first-order valence-electron chi connectivity index (χ1n) is 15.6. The van der Waals surface area contributed by atoms with E-state index >= 15 is 0 Å². The zero-order chi connectivity index (χ0) is 31.9. The molecule has 6 bridgehead atoms. The van der Waals surface area contributed by atoms with Crippen LogP contribution in [0.5, 0.6) is 5.75 Å². The lowest BCUT2D eigenvalue weighted by Crippen LogP contribution is -2.46. The van der Waals surface area contributed by atoms with Gasteiger partial charge in [0.15, 0.2) is 11.8 Å². The molecule has 1 atom stereocenters. The van der Waals surface area contributed by atoms with E-state index in [9.17, 15) is 14.3 Å². The molecule has 2 aromatic heterocycles. The smallest absolute Gasteiger partial charge is 0.337 e. The van der Waals surface area contributed by atoms with Gasteiger partial charge < -0.3 is 24.2 Å². The molecule has 0 radical (unpaired) electrons. The number of ether oxygens (including phenoxy) is 3. The number of aromatic nitrogens is 3. The SMILES string of the molecule is Cc1nc2cc3nn2c(c1C(OC(C)(C)C)C(=O)O)N1CCC(C)(CC1)OCCCCOc1cc(F)ccc1-c1cccc-3c1. The summed E-state index contributed by atoms with van der Waals surface area (Å²) in [6, 6.07) is 14.4. The molecule has 238 valence electrons. The largest absolute Gasteiger partial charge is 0.493 e. The number of carboxylic acid groups (broad SMARTS) is 1. The maximum absolute atomic E-state index is 14.3. The molecule has 1 unspecified atom stereocenters. The van der Waals surface area contributed by atoms with Gasteiger partial charge in [0, 0.05) is 48.6 Å². The van der Waals surface area contributed by atoms with E-state index in [4.69, 9.17) is 24.3 Å². The Morgan fingerprint density at radius 2 is 1.80 bits per heavy atom. The molecule has 1 fully saturated rings. The van der Waals surface area contributed by atoms with Crippen LogP contribution in [0.25, 0.3) is 28.0 Å². The third kappa shape index (κ3) is 6.53. The number of hydrogen-bond acceptors (Lipinski definition) is 7. The highest BCUT2D eigenvalue weighted by molar-refractivity contribution is 5.80. The standard InChI is InChI=1S/C35H41FN4O5/c1-22-30(31(33(41)42)45-34(2,3)4)32-39-15-13-35(5,14-16-39)44-18-7-6-17-43-28-20-25(36)11-12-26(28)23-9-8-10-24(19-23)27-21-29(37-22)40(32)38-27/h8-12,19-21,31H,6-7,13-18H2,1-5H3,(H,41,42). The van der Waals surface area contributed by atoms with Crippen LogP contribution in [0.1, 0.15) is 70.7 Å². The number of carbonyl (C=O) groups is 1. The van der Waals surface area contributed by atoms with Gasteiger partial charge in [-0.15, -0.1) is 0 Å². The first-order valence-corrected chi connectivity index (χ1v) is 15.6. The van der Waals surface area contributed by atoms with Gasteiger partial charge in [0.2, 0.25) is 0 Å². The van der Waals surface area contributed by atoms with Crippen LogP contribution in [-0.4, -0.2) is 63.2 Å². The van der Waals surface area contributed by atoms with E-state index in [2.05, 4.69) is 11.8 Å².